The summed E-state index contributed by atoms with van der Waals surface area (Å²) in [6.45, 7) is 2.70. The fourth-order valence-corrected chi connectivity index (χ4v) is 3.37. The van der Waals surface area contributed by atoms with Crippen molar-refractivity contribution in [2.45, 2.75) is 13.5 Å². The second kappa shape index (κ2) is 5.19. The molecule has 0 amide bonds. The van der Waals surface area contributed by atoms with Gasteiger partial charge in [-0.1, -0.05) is 29.8 Å². The zero-order chi connectivity index (χ0) is 13.2. The highest BCUT2D eigenvalue weighted by molar-refractivity contribution is 7.19. The summed E-state index contributed by atoms with van der Waals surface area (Å²) in [7, 11) is 0. The summed E-state index contributed by atoms with van der Waals surface area (Å²) in [6.07, 6.45) is 1.84. The van der Waals surface area contributed by atoms with Gasteiger partial charge >= 0.3 is 0 Å². The zero-order valence-corrected chi connectivity index (χ0v) is 12.1. The summed E-state index contributed by atoms with van der Waals surface area (Å²) >= 11 is 8.13. The molecule has 0 spiro atoms. The fourth-order valence-electron chi connectivity index (χ4n) is 1.93. The van der Waals surface area contributed by atoms with Gasteiger partial charge in [0, 0.05) is 20.7 Å². The summed E-state index contributed by atoms with van der Waals surface area (Å²) in [5, 5.41) is 5.34. The molecule has 0 fully saturated rings. The summed E-state index contributed by atoms with van der Waals surface area (Å²) < 4.78 is 1.23. The Morgan fingerprint density at radius 2 is 2.05 bits per heavy atom. The second-order valence-electron chi connectivity index (χ2n) is 4.38. The van der Waals surface area contributed by atoms with Crippen molar-refractivity contribution in [3.63, 3.8) is 0 Å². The maximum Gasteiger partial charge on any atom is 0.0642 e. The van der Waals surface area contributed by atoms with E-state index in [-0.39, 0.29) is 0 Å². The van der Waals surface area contributed by atoms with Gasteiger partial charge in [0.15, 0.2) is 0 Å². The van der Waals surface area contributed by atoms with Gasteiger partial charge in [-0.3, -0.25) is 4.98 Å². The number of aryl methyl sites for hydroxylation is 1. The van der Waals surface area contributed by atoms with Crippen molar-refractivity contribution in [2.24, 2.45) is 0 Å². The van der Waals surface area contributed by atoms with Gasteiger partial charge in [-0.25, -0.2) is 0 Å². The quantitative estimate of drug-likeness (QED) is 0.744. The number of fused-ring (bicyclic) bond motifs is 1. The first-order valence-corrected chi connectivity index (χ1v) is 7.26. The smallest absolute Gasteiger partial charge is 0.0642 e. The van der Waals surface area contributed by atoms with E-state index in [1.807, 2.05) is 37.4 Å². The number of aromatic nitrogens is 1. The molecule has 0 saturated carbocycles. The minimum atomic E-state index is 0.725. The van der Waals surface area contributed by atoms with Gasteiger partial charge in [-0.05, 0) is 25.1 Å². The molecule has 0 aliphatic carbocycles. The lowest BCUT2D eigenvalue weighted by Gasteiger charge is -2.04. The number of hydrogen-bond donors (Lipinski definition) is 1. The normalized spacial score (nSPS) is 10.8. The van der Waals surface area contributed by atoms with Crippen molar-refractivity contribution in [3.8, 4) is 0 Å². The van der Waals surface area contributed by atoms with Crippen LogP contribution in [-0.4, -0.2) is 4.98 Å². The molecule has 0 unspecified atom stereocenters. The Hall–Kier alpha value is -1.58. The van der Waals surface area contributed by atoms with Gasteiger partial charge in [0.05, 0.1) is 23.5 Å². The average molecular weight is 289 g/mol. The maximum atomic E-state index is 6.40. The number of pyridine rings is 1. The number of halogens is 1. The maximum absolute atomic E-state index is 6.40. The minimum absolute atomic E-state index is 0.725. The number of benzene rings is 1. The Balaban J connectivity index is 1.82. The van der Waals surface area contributed by atoms with Gasteiger partial charge in [0.1, 0.15) is 0 Å². The molecule has 0 radical (unpaired) electrons. The summed E-state index contributed by atoms with van der Waals surface area (Å²) in [4.78, 5) is 5.42. The molecular formula is C15H13ClN2S. The molecular weight excluding hydrogens is 276 g/mol. The molecule has 0 bridgehead atoms. The van der Waals surface area contributed by atoms with Gasteiger partial charge in [0.2, 0.25) is 0 Å². The van der Waals surface area contributed by atoms with E-state index >= 15 is 0 Å². The minimum Gasteiger partial charge on any atom is -0.379 e. The van der Waals surface area contributed by atoms with E-state index in [4.69, 9.17) is 11.6 Å². The Labute approximate surface area is 121 Å². The molecule has 3 aromatic rings. The first-order valence-electron chi connectivity index (χ1n) is 6.06. The van der Waals surface area contributed by atoms with E-state index in [0.29, 0.717) is 0 Å². The topological polar surface area (TPSA) is 24.9 Å². The van der Waals surface area contributed by atoms with Crippen LogP contribution in [0.2, 0.25) is 5.02 Å². The molecule has 0 aliphatic rings. The van der Waals surface area contributed by atoms with Crippen molar-refractivity contribution in [1.29, 1.82) is 0 Å². The van der Waals surface area contributed by atoms with Crippen LogP contribution in [0.25, 0.3) is 10.1 Å². The van der Waals surface area contributed by atoms with Crippen LogP contribution < -0.4 is 5.32 Å². The molecule has 2 heterocycles. The standard InChI is InChI=1S/C15H13ClN2S/c1-10-6-7-11(8-17-10)18-9-14-15(16)12-4-2-3-5-13(12)19-14/h2-8,18H,9H2,1H3. The van der Waals surface area contributed by atoms with Crippen LogP contribution in [0.5, 0.6) is 0 Å². The van der Waals surface area contributed by atoms with E-state index < -0.39 is 0 Å². The number of nitrogens with zero attached hydrogens (tertiary/aromatic N) is 1. The predicted octanol–water partition coefficient (Wildman–Crippen LogP) is 4.87. The molecule has 96 valence electrons. The van der Waals surface area contributed by atoms with Crippen LogP contribution in [0.4, 0.5) is 5.69 Å². The first kappa shape index (κ1) is 12.5. The number of anilines is 1. The van der Waals surface area contributed by atoms with Gasteiger partial charge in [-0.2, -0.15) is 0 Å². The third kappa shape index (κ3) is 2.57. The molecule has 1 N–H and O–H groups in total. The SMILES string of the molecule is Cc1ccc(NCc2sc3ccccc3c2Cl)cn1. The second-order valence-corrected chi connectivity index (χ2v) is 5.89. The molecule has 19 heavy (non-hydrogen) atoms. The lowest BCUT2D eigenvalue weighted by atomic mass is 10.2. The highest BCUT2D eigenvalue weighted by Crippen LogP contribution is 2.35. The molecule has 3 rings (SSSR count). The molecule has 2 aromatic heterocycles. The number of rotatable bonds is 3. The monoisotopic (exact) mass is 288 g/mol. The van der Waals surface area contributed by atoms with Gasteiger partial charge in [0.25, 0.3) is 0 Å². The molecule has 0 saturated heterocycles. The molecule has 1 aromatic carbocycles. The van der Waals surface area contributed by atoms with Crippen molar-refractivity contribution in [1.82, 2.24) is 4.98 Å². The van der Waals surface area contributed by atoms with Crippen LogP contribution in [0.1, 0.15) is 10.6 Å². The third-order valence-electron chi connectivity index (χ3n) is 2.97. The number of thiophene rings is 1. The van der Waals surface area contributed by atoms with Crippen LogP contribution >= 0.6 is 22.9 Å². The molecule has 0 aliphatic heterocycles. The van der Waals surface area contributed by atoms with E-state index in [1.165, 1.54) is 4.70 Å². The van der Waals surface area contributed by atoms with E-state index in [2.05, 4.69) is 22.4 Å². The van der Waals surface area contributed by atoms with Crippen LogP contribution in [-0.2, 0) is 6.54 Å². The Bertz CT molecular complexity index is 704. The van der Waals surface area contributed by atoms with Crippen LogP contribution in [0.15, 0.2) is 42.6 Å². The highest BCUT2D eigenvalue weighted by Gasteiger charge is 2.09. The highest BCUT2D eigenvalue weighted by atomic mass is 35.5. The van der Waals surface area contributed by atoms with Crippen LogP contribution in [0, 0.1) is 6.92 Å². The summed E-state index contributed by atoms with van der Waals surface area (Å²) in [5.74, 6) is 0. The fraction of sp³-hybridized carbons (Fsp3) is 0.133. The first-order chi connectivity index (χ1) is 9.24. The molecule has 0 atom stereocenters. The van der Waals surface area contributed by atoms with Crippen LogP contribution in [0.3, 0.4) is 0 Å². The number of nitrogens with one attached hydrogen (secondary N) is 1. The summed E-state index contributed by atoms with van der Waals surface area (Å²) in [5.41, 5.74) is 2.03. The van der Waals surface area contributed by atoms with E-state index in [0.717, 1.165) is 33.2 Å². The molecule has 2 nitrogen and oxygen atoms in total. The third-order valence-corrected chi connectivity index (χ3v) is 4.68. The Kier molecular flexibility index (Phi) is 3.40. The van der Waals surface area contributed by atoms with Gasteiger partial charge in [-0.15, -0.1) is 11.3 Å². The largest absolute Gasteiger partial charge is 0.379 e. The average Bonchev–Trinajstić information content (AvgIpc) is 2.76. The van der Waals surface area contributed by atoms with E-state index in [1.54, 1.807) is 11.3 Å². The van der Waals surface area contributed by atoms with Crippen molar-refractivity contribution >= 4 is 38.7 Å². The van der Waals surface area contributed by atoms with Gasteiger partial charge < -0.3 is 5.32 Å². The Morgan fingerprint density at radius 3 is 2.79 bits per heavy atom. The van der Waals surface area contributed by atoms with E-state index in [9.17, 15) is 0 Å². The van der Waals surface area contributed by atoms with Crippen molar-refractivity contribution < 1.29 is 0 Å². The molecule has 4 heteroatoms. The number of hydrogen-bond acceptors (Lipinski definition) is 3. The lowest BCUT2D eigenvalue weighted by Crippen LogP contribution is -1.98. The Morgan fingerprint density at radius 1 is 1.21 bits per heavy atom. The summed E-state index contributed by atoms with van der Waals surface area (Å²) in [6, 6.07) is 12.2. The predicted molar refractivity (Wildman–Crippen MR) is 83.1 cm³/mol. The zero-order valence-electron chi connectivity index (χ0n) is 10.5. The lowest BCUT2D eigenvalue weighted by molar-refractivity contribution is 1.15. The van der Waals surface area contributed by atoms with Crippen molar-refractivity contribution in [2.75, 3.05) is 5.32 Å². The van der Waals surface area contributed by atoms with Crippen molar-refractivity contribution in [3.05, 3.63) is 58.2 Å².